The first-order valence-corrected chi connectivity index (χ1v) is 5.08. The first-order chi connectivity index (χ1) is 7.31. The first kappa shape index (κ1) is 11.1. The van der Waals surface area contributed by atoms with Crippen molar-refractivity contribution >= 4 is 17.7 Å². The molecule has 0 aromatic heterocycles. The highest BCUT2D eigenvalue weighted by Gasteiger charge is 2.67. The van der Waals surface area contributed by atoms with Crippen LogP contribution in [0.5, 0.6) is 0 Å². The molecule has 88 valence electrons. The zero-order chi connectivity index (χ0) is 12.2. The number of fused-ring (bicyclic) bond motifs is 1. The van der Waals surface area contributed by atoms with Gasteiger partial charge in [0.25, 0.3) is 0 Å². The largest absolute Gasteiger partial charge is 0.479 e. The molecule has 0 aromatic carbocycles. The Hall–Kier alpha value is -1.43. The van der Waals surface area contributed by atoms with E-state index in [0.717, 1.165) is 4.90 Å². The summed E-state index contributed by atoms with van der Waals surface area (Å²) in [4.78, 5) is 35.3. The van der Waals surface area contributed by atoms with E-state index in [-0.39, 0.29) is 12.3 Å². The number of amides is 1. The minimum Gasteiger partial charge on any atom is -0.479 e. The number of rotatable bonds is 2. The van der Waals surface area contributed by atoms with Gasteiger partial charge in [0, 0.05) is 6.42 Å². The van der Waals surface area contributed by atoms with Crippen LogP contribution in [0.25, 0.3) is 0 Å². The van der Waals surface area contributed by atoms with E-state index in [1.54, 1.807) is 0 Å². The van der Waals surface area contributed by atoms with Gasteiger partial charge in [0.05, 0.1) is 17.6 Å². The predicted octanol–water partition coefficient (Wildman–Crippen LogP) is -0.990. The molecule has 6 heteroatoms. The summed E-state index contributed by atoms with van der Waals surface area (Å²) < 4.78 is 0. The second kappa shape index (κ2) is 3.04. The summed E-state index contributed by atoms with van der Waals surface area (Å²) in [6, 6.07) is -1.90. The van der Waals surface area contributed by atoms with E-state index in [9.17, 15) is 19.5 Å². The van der Waals surface area contributed by atoms with Gasteiger partial charge in [-0.15, -0.1) is 0 Å². The molecule has 2 aliphatic rings. The standard InChI is InChI=1S/C10H13NO5/c1-4(12)10(2)5-3-6(13)11(5)7(8(10)14)9(15)16/h4-5,7,12H,3H2,1-2H3,(H,15,16)/t4-,5+,7?,10?/m1/s1. The molecule has 0 saturated carbocycles. The second-order valence-electron chi connectivity index (χ2n) is 4.58. The number of aliphatic hydroxyl groups excluding tert-OH is 1. The summed E-state index contributed by atoms with van der Waals surface area (Å²) in [5.74, 6) is -2.24. The van der Waals surface area contributed by atoms with Gasteiger partial charge in [-0.2, -0.15) is 0 Å². The van der Waals surface area contributed by atoms with E-state index in [4.69, 9.17) is 5.11 Å². The molecule has 2 N–H and O–H groups in total. The maximum atomic E-state index is 12.0. The molecule has 2 saturated heterocycles. The lowest BCUT2D eigenvalue weighted by molar-refractivity contribution is -0.159. The quantitative estimate of drug-likeness (QED) is 0.466. The Balaban J connectivity index is 2.44. The molecule has 1 amide bonds. The van der Waals surface area contributed by atoms with Gasteiger partial charge in [-0.3, -0.25) is 9.59 Å². The Morgan fingerprint density at radius 2 is 2.12 bits per heavy atom. The van der Waals surface area contributed by atoms with Crippen LogP contribution in [0.4, 0.5) is 0 Å². The number of Topliss-reactive ketones (excluding diaryl/α,β-unsaturated/α-hetero) is 1. The Morgan fingerprint density at radius 3 is 2.44 bits per heavy atom. The van der Waals surface area contributed by atoms with Gasteiger partial charge in [-0.25, -0.2) is 4.79 Å². The smallest absolute Gasteiger partial charge is 0.334 e. The number of carbonyl (C=O) groups excluding carboxylic acids is 2. The predicted molar refractivity (Wildman–Crippen MR) is 51.5 cm³/mol. The molecule has 2 unspecified atom stereocenters. The third-order valence-electron chi connectivity index (χ3n) is 3.84. The Labute approximate surface area is 91.8 Å². The molecule has 2 rings (SSSR count). The second-order valence-corrected chi connectivity index (χ2v) is 4.58. The topological polar surface area (TPSA) is 94.9 Å². The number of aliphatic carboxylic acids is 1. The number of hydrogen-bond donors (Lipinski definition) is 2. The van der Waals surface area contributed by atoms with Crippen molar-refractivity contribution in [1.82, 2.24) is 4.90 Å². The Bertz CT molecular complexity index is 391. The summed E-state index contributed by atoms with van der Waals surface area (Å²) >= 11 is 0. The van der Waals surface area contributed by atoms with E-state index in [0.29, 0.717) is 0 Å². The summed E-state index contributed by atoms with van der Waals surface area (Å²) in [7, 11) is 0. The van der Waals surface area contributed by atoms with E-state index in [1.807, 2.05) is 0 Å². The van der Waals surface area contributed by atoms with E-state index in [1.165, 1.54) is 13.8 Å². The van der Waals surface area contributed by atoms with Crippen LogP contribution < -0.4 is 0 Å². The van der Waals surface area contributed by atoms with Crippen molar-refractivity contribution in [2.45, 2.75) is 38.5 Å². The molecular formula is C10H13NO5. The van der Waals surface area contributed by atoms with Crippen LogP contribution in [0.1, 0.15) is 20.3 Å². The highest BCUT2D eigenvalue weighted by Crippen LogP contribution is 2.47. The van der Waals surface area contributed by atoms with Crippen LogP contribution in [-0.4, -0.2) is 51.0 Å². The van der Waals surface area contributed by atoms with Gasteiger partial charge in [0.2, 0.25) is 5.91 Å². The molecule has 2 aliphatic heterocycles. The van der Waals surface area contributed by atoms with Crippen LogP contribution in [-0.2, 0) is 14.4 Å². The average Bonchev–Trinajstić information content (AvgIpc) is 2.36. The minimum absolute atomic E-state index is 0.136. The van der Waals surface area contributed by atoms with Crippen molar-refractivity contribution in [3.63, 3.8) is 0 Å². The Morgan fingerprint density at radius 1 is 1.56 bits per heavy atom. The Kier molecular flexibility index (Phi) is 2.10. The molecule has 0 spiro atoms. The van der Waals surface area contributed by atoms with Gasteiger partial charge in [-0.05, 0) is 13.8 Å². The van der Waals surface area contributed by atoms with E-state index < -0.39 is 35.4 Å². The number of carbonyl (C=O) groups is 3. The van der Waals surface area contributed by atoms with E-state index in [2.05, 4.69) is 0 Å². The fourth-order valence-corrected chi connectivity index (χ4v) is 2.56. The fourth-order valence-electron chi connectivity index (χ4n) is 2.56. The van der Waals surface area contributed by atoms with Crippen molar-refractivity contribution < 1.29 is 24.6 Å². The van der Waals surface area contributed by atoms with Crippen LogP contribution in [0, 0.1) is 5.41 Å². The number of carboxylic acids is 1. The van der Waals surface area contributed by atoms with Gasteiger partial charge in [-0.1, -0.05) is 0 Å². The summed E-state index contributed by atoms with van der Waals surface area (Å²) in [5.41, 5.74) is -1.16. The molecule has 2 fully saturated rings. The lowest BCUT2D eigenvalue weighted by Gasteiger charge is -2.42. The summed E-state index contributed by atoms with van der Waals surface area (Å²) in [6.45, 7) is 2.97. The van der Waals surface area contributed by atoms with Crippen LogP contribution >= 0.6 is 0 Å². The van der Waals surface area contributed by atoms with Crippen LogP contribution in [0.2, 0.25) is 0 Å². The number of hydrogen-bond acceptors (Lipinski definition) is 4. The maximum absolute atomic E-state index is 12.0. The lowest BCUT2D eigenvalue weighted by atomic mass is 9.73. The van der Waals surface area contributed by atoms with Crippen molar-refractivity contribution in [2.75, 3.05) is 0 Å². The molecular weight excluding hydrogens is 214 g/mol. The van der Waals surface area contributed by atoms with Crippen molar-refractivity contribution in [1.29, 1.82) is 0 Å². The van der Waals surface area contributed by atoms with Crippen LogP contribution in [0.3, 0.4) is 0 Å². The van der Waals surface area contributed by atoms with Gasteiger partial charge >= 0.3 is 5.97 Å². The number of ketones is 1. The summed E-state index contributed by atoms with van der Waals surface area (Å²) in [5, 5.41) is 18.6. The number of aliphatic hydroxyl groups is 1. The monoisotopic (exact) mass is 227 g/mol. The molecule has 0 aliphatic carbocycles. The lowest BCUT2D eigenvalue weighted by Crippen LogP contribution is -2.58. The molecule has 2 heterocycles. The fraction of sp³-hybridized carbons (Fsp3) is 0.700. The van der Waals surface area contributed by atoms with Gasteiger partial charge < -0.3 is 15.1 Å². The zero-order valence-corrected chi connectivity index (χ0v) is 9.01. The van der Waals surface area contributed by atoms with Gasteiger partial charge in [0.1, 0.15) is 0 Å². The molecule has 4 atom stereocenters. The third kappa shape index (κ3) is 1.02. The number of β-lactam (4-membered cyclic amide) rings is 1. The highest BCUT2D eigenvalue weighted by atomic mass is 16.4. The normalized spacial score (nSPS) is 39.3. The molecule has 6 nitrogen and oxygen atoms in total. The summed E-state index contributed by atoms with van der Waals surface area (Å²) in [6.07, 6.45) is -0.832. The van der Waals surface area contributed by atoms with Crippen molar-refractivity contribution in [3.8, 4) is 0 Å². The average molecular weight is 227 g/mol. The molecule has 0 radical (unpaired) electrons. The SMILES string of the molecule is C[C@@H](O)C1(C)C(=O)C(C(=O)O)N2C(=O)C[C@H]21. The number of nitrogens with zero attached hydrogens (tertiary/aromatic N) is 1. The maximum Gasteiger partial charge on any atom is 0.334 e. The van der Waals surface area contributed by atoms with Gasteiger partial charge in [0.15, 0.2) is 11.8 Å². The molecule has 0 aromatic rings. The molecule has 16 heavy (non-hydrogen) atoms. The van der Waals surface area contributed by atoms with E-state index >= 15 is 0 Å². The van der Waals surface area contributed by atoms with Crippen molar-refractivity contribution in [3.05, 3.63) is 0 Å². The van der Waals surface area contributed by atoms with Crippen molar-refractivity contribution in [2.24, 2.45) is 5.41 Å². The first-order valence-electron chi connectivity index (χ1n) is 5.08. The number of carboxylic acid groups (broad SMARTS) is 1. The third-order valence-corrected chi connectivity index (χ3v) is 3.84. The van der Waals surface area contributed by atoms with Crippen LogP contribution in [0.15, 0.2) is 0 Å². The zero-order valence-electron chi connectivity index (χ0n) is 9.01. The molecule has 0 bridgehead atoms. The minimum atomic E-state index is -1.43. The highest BCUT2D eigenvalue weighted by molar-refractivity contribution is 6.13.